The van der Waals surface area contributed by atoms with Gasteiger partial charge in [0.25, 0.3) is 5.91 Å². The number of benzene rings is 1. The predicted molar refractivity (Wildman–Crippen MR) is 76.4 cm³/mol. The van der Waals surface area contributed by atoms with Crippen LogP contribution >= 0.6 is 15.9 Å². The number of aromatic nitrogens is 2. The fraction of sp³-hybridized carbons (Fsp3) is 0.357. The number of amides is 1. The third-order valence-corrected chi connectivity index (χ3v) is 4.16. The van der Waals surface area contributed by atoms with Crippen molar-refractivity contribution in [2.24, 2.45) is 0 Å². The summed E-state index contributed by atoms with van der Waals surface area (Å²) in [6.07, 6.45) is 0.859. The Balaban J connectivity index is 1.74. The first-order valence-electron chi connectivity index (χ1n) is 6.49. The molecule has 1 amide bonds. The molecular formula is C14H14BrN3O2. The molecule has 1 saturated heterocycles. The van der Waals surface area contributed by atoms with Crippen molar-refractivity contribution in [3.63, 3.8) is 0 Å². The van der Waals surface area contributed by atoms with Crippen LogP contribution in [0, 0.1) is 6.92 Å². The molecule has 0 saturated carbocycles. The minimum absolute atomic E-state index is 0.0382. The monoisotopic (exact) mass is 335 g/mol. The predicted octanol–water partition coefficient (Wildman–Crippen LogP) is 2.77. The molecule has 1 aromatic carbocycles. The second-order valence-electron chi connectivity index (χ2n) is 4.90. The summed E-state index contributed by atoms with van der Waals surface area (Å²) in [5, 5.41) is 3.81. The highest BCUT2D eigenvalue weighted by molar-refractivity contribution is 9.10. The highest BCUT2D eigenvalue weighted by Crippen LogP contribution is 2.28. The molecule has 2 aromatic rings. The van der Waals surface area contributed by atoms with Gasteiger partial charge in [0.2, 0.25) is 5.89 Å². The Morgan fingerprint density at radius 3 is 2.95 bits per heavy atom. The lowest BCUT2D eigenvalue weighted by Gasteiger charge is -2.16. The largest absolute Gasteiger partial charge is 0.339 e. The molecule has 0 bridgehead atoms. The molecule has 104 valence electrons. The van der Waals surface area contributed by atoms with Gasteiger partial charge in [0.1, 0.15) is 0 Å². The van der Waals surface area contributed by atoms with E-state index in [0.717, 1.165) is 10.9 Å². The second-order valence-corrected chi connectivity index (χ2v) is 5.75. The maximum atomic E-state index is 12.5. The van der Waals surface area contributed by atoms with Gasteiger partial charge in [-0.15, -0.1) is 0 Å². The van der Waals surface area contributed by atoms with E-state index in [0.29, 0.717) is 30.4 Å². The summed E-state index contributed by atoms with van der Waals surface area (Å²) in [5.41, 5.74) is 0.690. The van der Waals surface area contributed by atoms with Crippen molar-refractivity contribution in [1.29, 1.82) is 0 Å². The number of hydrogen-bond acceptors (Lipinski definition) is 4. The Labute approximate surface area is 125 Å². The number of hydrogen-bond donors (Lipinski definition) is 0. The Bertz CT molecular complexity index is 641. The van der Waals surface area contributed by atoms with E-state index in [2.05, 4.69) is 26.1 Å². The summed E-state index contributed by atoms with van der Waals surface area (Å²) in [6.45, 7) is 3.14. The fourth-order valence-corrected chi connectivity index (χ4v) is 2.88. The second kappa shape index (κ2) is 5.36. The topological polar surface area (TPSA) is 59.2 Å². The average molecular weight is 336 g/mol. The lowest BCUT2D eigenvalue weighted by Crippen LogP contribution is -2.28. The zero-order valence-corrected chi connectivity index (χ0v) is 12.6. The van der Waals surface area contributed by atoms with E-state index in [1.54, 1.807) is 6.92 Å². The van der Waals surface area contributed by atoms with Crippen LogP contribution in [0.15, 0.2) is 33.3 Å². The number of carbonyl (C=O) groups is 1. The van der Waals surface area contributed by atoms with Crippen LogP contribution in [0.4, 0.5) is 0 Å². The summed E-state index contributed by atoms with van der Waals surface area (Å²) < 4.78 is 6.02. The minimum Gasteiger partial charge on any atom is -0.339 e. The molecule has 1 aliphatic rings. The van der Waals surface area contributed by atoms with Gasteiger partial charge >= 0.3 is 0 Å². The standard InChI is InChI=1S/C14H14BrN3O2/c1-9-16-13(20-17-9)10-6-7-18(8-10)14(19)11-4-2-3-5-12(11)15/h2-5,10H,6-8H2,1H3. The van der Waals surface area contributed by atoms with Crippen LogP contribution in [-0.4, -0.2) is 34.0 Å². The molecule has 1 aliphatic heterocycles. The quantitative estimate of drug-likeness (QED) is 0.846. The van der Waals surface area contributed by atoms with Crippen LogP contribution < -0.4 is 0 Å². The summed E-state index contributed by atoms with van der Waals surface area (Å²) in [5.74, 6) is 1.44. The number of nitrogens with zero attached hydrogens (tertiary/aromatic N) is 3. The summed E-state index contributed by atoms with van der Waals surface area (Å²) in [4.78, 5) is 18.6. The third-order valence-electron chi connectivity index (χ3n) is 3.47. The van der Waals surface area contributed by atoms with Gasteiger partial charge in [-0.1, -0.05) is 17.3 Å². The first-order valence-corrected chi connectivity index (χ1v) is 7.28. The normalized spacial score (nSPS) is 18.5. The van der Waals surface area contributed by atoms with Crippen molar-refractivity contribution in [2.75, 3.05) is 13.1 Å². The number of aryl methyl sites for hydroxylation is 1. The molecule has 20 heavy (non-hydrogen) atoms. The van der Waals surface area contributed by atoms with E-state index in [4.69, 9.17) is 4.52 Å². The lowest BCUT2D eigenvalue weighted by molar-refractivity contribution is 0.0788. The van der Waals surface area contributed by atoms with E-state index >= 15 is 0 Å². The van der Waals surface area contributed by atoms with Crippen LogP contribution in [0.5, 0.6) is 0 Å². The molecule has 5 nitrogen and oxygen atoms in total. The molecule has 1 unspecified atom stereocenters. The van der Waals surface area contributed by atoms with Gasteiger partial charge < -0.3 is 9.42 Å². The van der Waals surface area contributed by atoms with Crippen molar-refractivity contribution in [3.05, 3.63) is 46.0 Å². The Hall–Kier alpha value is -1.69. The van der Waals surface area contributed by atoms with E-state index in [9.17, 15) is 4.79 Å². The van der Waals surface area contributed by atoms with Crippen LogP contribution in [0.2, 0.25) is 0 Å². The zero-order valence-electron chi connectivity index (χ0n) is 11.0. The molecule has 0 spiro atoms. The third kappa shape index (κ3) is 2.47. The van der Waals surface area contributed by atoms with Crippen LogP contribution in [0.1, 0.15) is 34.4 Å². The lowest BCUT2D eigenvalue weighted by atomic mass is 10.1. The number of carbonyl (C=O) groups excluding carboxylic acids is 1. The first kappa shape index (κ1) is 13.3. The Morgan fingerprint density at radius 1 is 1.45 bits per heavy atom. The zero-order chi connectivity index (χ0) is 14.1. The average Bonchev–Trinajstić information content (AvgIpc) is 3.07. The summed E-state index contributed by atoms with van der Waals surface area (Å²) >= 11 is 3.42. The van der Waals surface area contributed by atoms with Crippen molar-refractivity contribution >= 4 is 21.8 Å². The van der Waals surface area contributed by atoms with Gasteiger partial charge in [0, 0.05) is 17.6 Å². The van der Waals surface area contributed by atoms with Crippen molar-refractivity contribution in [2.45, 2.75) is 19.3 Å². The fourth-order valence-electron chi connectivity index (χ4n) is 2.43. The maximum absolute atomic E-state index is 12.5. The van der Waals surface area contributed by atoms with E-state index in [1.807, 2.05) is 29.2 Å². The van der Waals surface area contributed by atoms with E-state index < -0.39 is 0 Å². The first-order chi connectivity index (χ1) is 9.65. The van der Waals surface area contributed by atoms with Gasteiger partial charge in [-0.3, -0.25) is 4.79 Å². The summed E-state index contributed by atoms with van der Waals surface area (Å²) in [7, 11) is 0. The van der Waals surface area contributed by atoms with E-state index in [1.165, 1.54) is 0 Å². The van der Waals surface area contributed by atoms with Crippen molar-refractivity contribution in [3.8, 4) is 0 Å². The number of likely N-dealkylation sites (tertiary alicyclic amines) is 1. The summed E-state index contributed by atoms with van der Waals surface area (Å²) in [6, 6.07) is 7.47. The van der Waals surface area contributed by atoms with Gasteiger partial charge in [-0.25, -0.2) is 0 Å². The van der Waals surface area contributed by atoms with Gasteiger partial charge in [-0.2, -0.15) is 4.98 Å². The van der Waals surface area contributed by atoms with Crippen molar-refractivity contribution in [1.82, 2.24) is 15.0 Å². The van der Waals surface area contributed by atoms with Crippen LogP contribution in [0.3, 0.4) is 0 Å². The highest BCUT2D eigenvalue weighted by atomic mass is 79.9. The number of rotatable bonds is 2. The van der Waals surface area contributed by atoms with Gasteiger partial charge in [-0.05, 0) is 41.4 Å². The molecule has 0 radical (unpaired) electrons. The minimum atomic E-state index is 0.0382. The molecule has 1 fully saturated rings. The molecular weight excluding hydrogens is 322 g/mol. The van der Waals surface area contributed by atoms with Crippen LogP contribution in [-0.2, 0) is 0 Å². The van der Waals surface area contributed by atoms with Gasteiger partial charge in [0.15, 0.2) is 5.82 Å². The van der Waals surface area contributed by atoms with E-state index in [-0.39, 0.29) is 11.8 Å². The molecule has 1 atom stereocenters. The molecule has 6 heteroatoms. The molecule has 3 rings (SSSR count). The smallest absolute Gasteiger partial charge is 0.255 e. The highest BCUT2D eigenvalue weighted by Gasteiger charge is 2.31. The Morgan fingerprint density at radius 2 is 2.25 bits per heavy atom. The maximum Gasteiger partial charge on any atom is 0.255 e. The Kier molecular flexibility index (Phi) is 3.56. The van der Waals surface area contributed by atoms with Crippen LogP contribution in [0.25, 0.3) is 0 Å². The number of halogens is 1. The van der Waals surface area contributed by atoms with Crippen molar-refractivity contribution < 1.29 is 9.32 Å². The molecule has 0 aliphatic carbocycles. The van der Waals surface area contributed by atoms with Gasteiger partial charge in [0.05, 0.1) is 11.5 Å². The molecule has 1 aromatic heterocycles. The molecule has 0 N–H and O–H groups in total. The SMILES string of the molecule is Cc1noc(C2CCN(C(=O)c3ccccc3Br)C2)n1. The molecule has 2 heterocycles.